The summed E-state index contributed by atoms with van der Waals surface area (Å²) in [7, 11) is 1.20. The van der Waals surface area contributed by atoms with E-state index in [2.05, 4.69) is 4.74 Å². The van der Waals surface area contributed by atoms with E-state index in [0.717, 1.165) is 10.8 Å². The summed E-state index contributed by atoms with van der Waals surface area (Å²) in [6.07, 6.45) is 0. The average molecular weight is 214 g/mol. The third-order valence-electron chi connectivity index (χ3n) is 2.38. The molecule has 0 fully saturated rings. The molecule has 2 rings (SSSR count). The number of methoxy groups -OCH3 is 1. The number of ether oxygens (including phenoxy) is 1. The minimum absolute atomic E-state index is 0.352. The van der Waals surface area contributed by atoms with Crippen LogP contribution in [0.4, 0.5) is 0 Å². The highest BCUT2D eigenvalue weighted by Gasteiger charge is 2.16. The fourth-order valence-electron chi connectivity index (χ4n) is 1.54. The summed E-state index contributed by atoms with van der Waals surface area (Å²) < 4.78 is 4.39. The molecule has 0 unspecified atom stereocenters. The van der Waals surface area contributed by atoms with Gasteiger partial charge in [-0.25, -0.2) is 4.79 Å². The van der Waals surface area contributed by atoms with Crippen LogP contribution in [0.2, 0.25) is 0 Å². The van der Waals surface area contributed by atoms with Gasteiger partial charge in [0.2, 0.25) is 0 Å². The van der Waals surface area contributed by atoms with Crippen LogP contribution >= 0.6 is 0 Å². The van der Waals surface area contributed by atoms with Gasteiger partial charge in [-0.3, -0.25) is 4.79 Å². The van der Waals surface area contributed by atoms with Gasteiger partial charge in [0.05, 0.1) is 7.11 Å². The summed E-state index contributed by atoms with van der Waals surface area (Å²) in [5, 5.41) is 1.96. The SMILES string of the molecule is COC(=O)C(=O)c1ccc2ccccc2c1. The molecule has 3 nitrogen and oxygen atoms in total. The molecule has 0 aliphatic rings. The van der Waals surface area contributed by atoms with Gasteiger partial charge in [0.1, 0.15) is 0 Å². The number of fused-ring (bicyclic) bond motifs is 1. The van der Waals surface area contributed by atoms with Crippen molar-refractivity contribution >= 4 is 22.5 Å². The van der Waals surface area contributed by atoms with E-state index in [1.807, 2.05) is 30.3 Å². The maximum Gasteiger partial charge on any atom is 0.379 e. The van der Waals surface area contributed by atoms with E-state index in [1.54, 1.807) is 12.1 Å². The molecule has 2 aromatic carbocycles. The lowest BCUT2D eigenvalue weighted by Crippen LogP contribution is -2.15. The van der Waals surface area contributed by atoms with Gasteiger partial charge in [-0.15, -0.1) is 0 Å². The molecular weight excluding hydrogens is 204 g/mol. The van der Waals surface area contributed by atoms with Gasteiger partial charge in [-0.2, -0.15) is 0 Å². The largest absolute Gasteiger partial charge is 0.463 e. The zero-order chi connectivity index (χ0) is 11.5. The smallest absolute Gasteiger partial charge is 0.379 e. The van der Waals surface area contributed by atoms with Crippen molar-refractivity contribution in [2.24, 2.45) is 0 Å². The van der Waals surface area contributed by atoms with Crippen molar-refractivity contribution < 1.29 is 14.3 Å². The van der Waals surface area contributed by atoms with Crippen LogP contribution in [0.25, 0.3) is 10.8 Å². The Bertz CT molecular complexity index is 558. The van der Waals surface area contributed by atoms with E-state index in [9.17, 15) is 9.59 Å². The molecule has 0 amide bonds. The van der Waals surface area contributed by atoms with E-state index in [0.29, 0.717) is 5.56 Å². The maximum atomic E-state index is 11.5. The zero-order valence-electron chi connectivity index (χ0n) is 8.77. The molecule has 0 aliphatic heterocycles. The van der Waals surface area contributed by atoms with Crippen molar-refractivity contribution in [1.29, 1.82) is 0 Å². The number of hydrogen-bond acceptors (Lipinski definition) is 3. The first-order valence-corrected chi connectivity index (χ1v) is 4.84. The normalized spacial score (nSPS) is 10.1. The summed E-state index contributed by atoms with van der Waals surface area (Å²) in [4.78, 5) is 22.6. The van der Waals surface area contributed by atoms with E-state index in [4.69, 9.17) is 0 Å². The predicted molar refractivity (Wildman–Crippen MR) is 60.3 cm³/mol. The lowest BCUT2D eigenvalue weighted by molar-refractivity contribution is -0.135. The third-order valence-corrected chi connectivity index (χ3v) is 2.38. The average Bonchev–Trinajstić information content (AvgIpc) is 2.36. The quantitative estimate of drug-likeness (QED) is 0.437. The number of carbonyl (C=O) groups is 2. The molecule has 0 heterocycles. The second-order valence-electron chi connectivity index (χ2n) is 3.38. The number of esters is 1. The van der Waals surface area contributed by atoms with E-state index >= 15 is 0 Å². The Morgan fingerprint density at radius 2 is 1.69 bits per heavy atom. The van der Waals surface area contributed by atoms with Crippen LogP contribution in [0.1, 0.15) is 10.4 Å². The molecule has 0 atom stereocenters. The minimum Gasteiger partial charge on any atom is -0.463 e. The van der Waals surface area contributed by atoms with Crippen LogP contribution in [-0.4, -0.2) is 18.9 Å². The van der Waals surface area contributed by atoms with E-state index in [-0.39, 0.29) is 0 Å². The van der Waals surface area contributed by atoms with Gasteiger partial charge >= 0.3 is 5.97 Å². The molecule has 2 aromatic rings. The third kappa shape index (κ3) is 1.80. The van der Waals surface area contributed by atoms with Crippen LogP contribution in [0, 0.1) is 0 Å². The molecule has 0 radical (unpaired) electrons. The molecular formula is C13H10O3. The molecule has 0 saturated heterocycles. The molecule has 0 spiro atoms. The summed E-state index contributed by atoms with van der Waals surface area (Å²) in [6, 6.07) is 12.8. The highest BCUT2D eigenvalue weighted by atomic mass is 16.5. The number of ketones is 1. The predicted octanol–water partition coefficient (Wildman–Crippen LogP) is 2.20. The first-order valence-electron chi connectivity index (χ1n) is 4.84. The number of carbonyl (C=O) groups excluding carboxylic acids is 2. The highest BCUT2D eigenvalue weighted by Crippen LogP contribution is 2.16. The van der Waals surface area contributed by atoms with Crippen molar-refractivity contribution in [1.82, 2.24) is 0 Å². The van der Waals surface area contributed by atoms with Crippen LogP contribution in [0.5, 0.6) is 0 Å². The van der Waals surface area contributed by atoms with Gasteiger partial charge in [0.15, 0.2) is 0 Å². The topological polar surface area (TPSA) is 43.4 Å². The highest BCUT2D eigenvalue weighted by molar-refractivity contribution is 6.40. The number of Topliss-reactive ketones (excluding diaryl/α,β-unsaturated/α-hetero) is 1. The lowest BCUT2D eigenvalue weighted by Gasteiger charge is -2.01. The van der Waals surface area contributed by atoms with Gasteiger partial charge in [-0.1, -0.05) is 36.4 Å². The van der Waals surface area contributed by atoms with Crippen molar-refractivity contribution in [2.45, 2.75) is 0 Å². The zero-order valence-corrected chi connectivity index (χ0v) is 8.77. The Hall–Kier alpha value is -2.16. The van der Waals surface area contributed by atoms with Crippen LogP contribution in [-0.2, 0) is 9.53 Å². The number of hydrogen-bond donors (Lipinski definition) is 0. The van der Waals surface area contributed by atoms with E-state index < -0.39 is 11.8 Å². The first kappa shape index (κ1) is 10.4. The lowest BCUT2D eigenvalue weighted by atomic mass is 10.0. The van der Waals surface area contributed by atoms with Gasteiger partial charge in [0.25, 0.3) is 5.78 Å². The van der Waals surface area contributed by atoms with Gasteiger partial charge < -0.3 is 4.74 Å². The standard InChI is InChI=1S/C13H10O3/c1-16-13(15)12(14)11-7-6-9-4-2-3-5-10(9)8-11/h2-8H,1H3. The fraction of sp³-hybridized carbons (Fsp3) is 0.0769. The van der Waals surface area contributed by atoms with Crippen LogP contribution in [0.15, 0.2) is 42.5 Å². The first-order chi connectivity index (χ1) is 7.72. The van der Waals surface area contributed by atoms with Gasteiger partial charge in [0, 0.05) is 5.56 Å². The van der Waals surface area contributed by atoms with Crippen molar-refractivity contribution in [3.8, 4) is 0 Å². The van der Waals surface area contributed by atoms with Crippen molar-refractivity contribution in [3.63, 3.8) is 0 Å². The number of benzene rings is 2. The molecule has 0 saturated carbocycles. The van der Waals surface area contributed by atoms with Crippen LogP contribution < -0.4 is 0 Å². The molecule has 80 valence electrons. The second kappa shape index (κ2) is 4.14. The van der Waals surface area contributed by atoms with E-state index in [1.165, 1.54) is 7.11 Å². The molecule has 16 heavy (non-hydrogen) atoms. The minimum atomic E-state index is -0.838. The summed E-state index contributed by atoms with van der Waals surface area (Å²) in [5.41, 5.74) is 0.352. The molecule has 0 aromatic heterocycles. The molecule has 3 heteroatoms. The van der Waals surface area contributed by atoms with Crippen molar-refractivity contribution in [3.05, 3.63) is 48.0 Å². The number of rotatable bonds is 2. The van der Waals surface area contributed by atoms with Gasteiger partial charge in [-0.05, 0) is 16.8 Å². The van der Waals surface area contributed by atoms with Crippen molar-refractivity contribution in [2.75, 3.05) is 7.11 Å². The molecule has 0 aliphatic carbocycles. The second-order valence-corrected chi connectivity index (χ2v) is 3.38. The Balaban J connectivity index is 2.47. The fourth-order valence-corrected chi connectivity index (χ4v) is 1.54. The monoisotopic (exact) mass is 214 g/mol. The Morgan fingerprint density at radius 3 is 2.38 bits per heavy atom. The summed E-state index contributed by atoms with van der Waals surface area (Å²) in [6.45, 7) is 0. The summed E-state index contributed by atoms with van der Waals surface area (Å²) >= 11 is 0. The Kier molecular flexibility index (Phi) is 2.68. The van der Waals surface area contributed by atoms with Crippen LogP contribution in [0.3, 0.4) is 0 Å². The Morgan fingerprint density at radius 1 is 1.00 bits per heavy atom. The Labute approximate surface area is 92.6 Å². The summed E-state index contributed by atoms with van der Waals surface area (Å²) in [5.74, 6) is -1.46. The molecule has 0 N–H and O–H groups in total. The molecule has 0 bridgehead atoms. The maximum absolute atomic E-state index is 11.5.